The minimum atomic E-state index is -1.13. The van der Waals surface area contributed by atoms with Gasteiger partial charge in [-0.1, -0.05) is 26.2 Å². The highest BCUT2D eigenvalue weighted by Gasteiger charge is 2.53. The molecule has 2 aromatic rings. The van der Waals surface area contributed by atoms with Crippen molar-refractivity contribution in [3.63, 3.8) is 0 Å². The lowest BCUT2D eigenvalue weighted by Crippen LogP contribution is -2.37. The number of aliphatic hydroxyl groups is 3. The predicted molar refractivity (Wildman–Crippen MR) is 87.4 cm³/mol. The van der Waals surface area contributed by atoms with Crippen molar-refractivity contribution in [2.75, 3.05) is 12.3 Å². The average molecular weight is 316 g/mol. The summed E-state index contributed by atoms with van der Waals surface area (Å²) in [7, 11) is 0. The summed E-state index contributed by atoms with van der Waals surface area (Å²) >= 11 is 0. The Morgan fingerprint density at radius 3 is 2.70 bits per heavy atom. The second kappa shape index (κ2) is 5.16. The van der Waals surface area contributed by atoms with E-state index in [1.54, 1.807) is 23.8 Å². The first-order chi connectivity index (χ1) is 10.9. The van der Waals surface area contributed by atoms with E-state index in [1.165, 1.54) is 6.33 Å². The maximum Gasteiger partial charge on any atom is 0.146 e. The van der Waals surface area contributed by atoms with Gasteiger partial charge in [-0.3, -0.25) is 0 Å². The van der Waals surface area contributed by atoms with Gasteiger partial charge in [-0.15, -0.1) is 0 Å². The van der Waals surface area contributed by atoms with Gasteiger partial charge in [0.05, 0.1) is 24.1 Å². The molecule has 1 fully saturated rings. The molecule has 23 heavy (non-hydrogen) atoms. The van der Waals surface area contributed by atoms with E-state index in [4.69, 9.17) is 5.73 Å². The smallest absolute Gasteiger partial charge is 0.146 e. The number of hydrogen-bond acceptors (Lipinski definition) is 6. The van der Waals surface area contributed by atoms with E-state index in [1.807, 2.05) is 0 Å². The third-order valence-electron chi connectivity index (χ3n) is 4.91. The summed E-state index contributed by atoms with van der Waals surface area (Å²) in [5.41, 5.74) is 6.72. The van der Waals surface area contributed by atoms with Crippen molar-refractivity contribution in [3.8, 4) is 0 Å². The van der Waals surface area contributed by atoms with Gasteiger partial charge >= 0.3 is 0 Å². The molecule has 2 heterocycles. The second-order valence-electron chi connectivity index (χ2n) is 6.13. The van der Waals surface area contributed by atoms with Crippen LogP contribution in [0.4, 0.5) is 5.82 Å². The summed E-state index contributed by atoms with van der Waals surface area (Å²) in [6.45, 7) is 9.12. The van der Waals surface area contributed by atoms with E-state index in [0.29, 0.717) is 22.4 Å². The molecule has 0 amide bonds. The average Bonchev–Trinajstić information content (AvgIpc) is 2.99. The second-order valence-corrected chi connectivity index (χ2v) is 6.13. The number of fused-ring (bicyclic) bond motifs is 1. The van der Waals surface area contributed by atoms with Crippen molar-refractivity contribution < 1.29 is 15.3 Å². The zero-order valence-corrected chi connectivity index (χ0v) is 12.8. The summed E-state index contributed by atoms with van der Waals surface area (Å²) in [6.07, 6.45) is 2.47. The van der Waals surface area contributed by atoms with E-state index < -0.39 is 23.7 Å². The van der Waals surface area contributed by atoms with Crippen molar-refractivity contribution in [3.05, 3.63) is 36.8 Å². The summed E-state index contributed by atoms with van der Waals surface area (Å²) in [4.78, 5) is 8.24. The van der Waals surface area contributed by atoms with Crippen molar-refractivity contribution in [1.82, 2.24) is 14.5 Å². The highest BCUT2D eigenvalue weighted by atomic mass is 16.3. The molecule has 5 N–H and O–H groups in total. The fourth-order valence-corrected chi connectivity index (χ4v) is 3.32. The molecule has 1 aliphatic carbocycles. The number of hydrogen-bond donors (Lipinski definition) is 4. The van der Waals surface area contributed by atoms with Crippen molar-refractivity contribution in [1.29, 1.82) is 0 Å². The van der Waals surface area contributed by atoms with Crippen LogP contribution in [-0.2, 0) is 0 Å². The van der Waals surface area contributed by atoms with Gasteiger partial charge in [-0.2, -0.15) is 0 Å². The number of rotatable bonds is 3. The van der Waals surface area contributed by atoms with Crippen LogP contribution in [0.25, 0.3) is 17.1 Å². The highest BCUT2D eigenvalue weighted by Crippen LogP contribution is 2.49. The van der Waals surface area contributed by atoms with Crippen LogP contribution in [0.2, 0.25) is 0 Å². The van der Waals surface area contributed by atoms with Gasteiger partial charge in [0, 0.05) is 17.2 Å². The molecule has 1 aliphatic rings. The van der Waals surface area contributed by atoms with Gasteiger partial charge in [0.2, 0.25) is 0 Å². The number of nitrogens with zero attached hydrogens (tertiary/aromatic N) is 3. The van der Waals surface area contributed by atoms with E-state index in [2.05, 4.69) is 23.1 Å². The Morgan fingerprint density at radius 2 is 2.13 bits per heavy atom. The van der Waals surface area contributed by atoms with Gasteiger partial charge in [0.25, 0.3) is 0 Å². The first-order valence-corrected chi connectivity index (χ1v) is 7.26. The molecule has 0 aliphatic heterocycles. The molecule has 0 saturated heterocycles. The van der Waals surface area contributed by atoms with Crippen LogP contribution in [0.1, 0.15) is 18.5 Å². The number of aromatic nitrogens is 3. The molecule has 122 valence electrons. The van der Waals surface area contributed by atoms with Crippen LogP contribution >= 0.6 is 0 Å². The molecule has 3 rings (SSSR count). The standard InChI is InChI=1S/C16H20N4O3/c1-4-9-5-20(15-10(9)14(17)18-7-19-15)11-8(2)16(3,6-21)13(23)12(11)22/h4-5,7,11-13,21-23H,1-2,6H2,3H3,(H2,17,18,19)/t11-,12+,13+,16+/m1/s1. The fraction of sp³-hybridized carbons (Fsp3) is 0.375. The molecule has 0 bridgehead atoms. The molecule has 1 saturated carbocycles. The molecule has 7 nitrogen and oxygen atoms in total. The third kappa shape index (κ3) is 1.94. The minimum absolute atomic E-state index is 0.312. The van der Waals surface area contributed by atoms with Gasteiger partial charge in [0.15, 0.2) is 0 Å². The summed E-state index contributed by atoms with van der Waals surface area (Å²) in [6, 6.07) is -0.632. The van der Waals surface area contributed by atoms with Crippen molar-refractivity contribution >= 4 is 22.9 Å². The van der Waals surface area contributed by atoms with Gasteiger partial charge in [0.1, 0.15) is 23.9 Å². The minimum Gasteiger partial charge on any atom is -0.395 e. The molecular formula is C16H20N4O3. The molecule has 2 aromatic heterocycles. The monoisotopic (exact) mass is 316 g/mol. The molecule has 0 unspecified atom stereocenters. The Labute approximate surface area is 133 Å². The van der Waals surface area contributed by atoms with Crippen LogP contribution in [0.3, 0.4) is 0 Å². The Kier molecular flexibility index (Phi) is 3.51. The molecule has 0 spiro atoms. The largest absolute Gasteiger partial charge is 0.395 e. The van der Waals surface area contributed by atoms with E-state index in [9.17, 15) is 15.3 Å². The topological polar surface area (TPSA) is 117 Å². The number of anilines is 1. The maximum absolute atomic E-state index is 10.5. The SMILES string of the molecule is C=Cc1cn([C@@H]2C(=C)[C@](C)(CO)[C@@H](O)[C@H]2O)c2ncnc(N)c12. The quantitative estimate of drug-likeness (QED) is 0.612. The third-order valence-corrected chi connectivity index (χ3v) is 4.91. The predicted octanol–water partition coefficient (Wildman–Crippen LogP) is 0.488. The number of nitrogens with two attached hydrogens (primary N) is 1. The Morgan fingerprint density at radius 1 is 1.43 bits per heavy atom. The molecule has 4 atom stereocenters. The molecule has 7 heteroatoms. The lowest BCUT2D eigenvalue weighted by molar-refractivity contribution is -0.0358. The van der Waals surface area contributed by atoms with Gasteiger partial charge in [-0.05, 0) is 5.57 Å². The van der Waals surface area contributed by atoms with Gasteiger partial charge in [-0.25, -0.2) is 9.97 Å². The zero-order valence-electron chi connectivity index (χ0n) is 12.8. The van der Waals surface area contributed by atoms with E-state index in [-0.39, 0.29) is 6.61 Å². The Hall–Kier alpha value is -2.22. The molecule has 0 aromatic carbocycles. The highest BCUT2D eigenvalue weighted by molar-refractivity contribution is 5.94. The van der Waals surface area contributed by atoms with Crippen molar-refractivity contribution in [2.45, 2.75) is 25.2 Å². The first kappa shape index (κ1) is 15.7. The Bertz CT molecular complexity index is 800. The lowest BCUT2D eigenvalue weighted by Gasteiger charge is -2.27. The Balaban J connectivity index is 2.24. The van der Waals surface area contributed by atoms with Crippen LogP contribution in [0.5, 0.6) is 0 Å². The summed E-state index contributed by atoms with van der Waals surface area (Å²) in [5.74, 6) is 0.312. The van der Waals surface area contributed by atoms with E-state index in [0.717, 1.165) is 5.56 Å². The number of nitrogen functional groups attached to an aromatic ring is 1. The van der Waals surface area contributed by atoms with Crippen LogP contribution < -0.4 is 5.73 Å². The zero-order chi connectivity index (χ0) is 16.9. The fourth-order valence-electron chi connectivity index (χ4n) is 3.32. The number of aliphatic hydroxyl groups excluding tert-OH is 3. The van der Waals surface area contributed by atoms with Crippen LogP contribution in [-0.4, -0.2) is 48.7 Å². The van der Waals surface area contributed by atoms with Crippen LogP contribution in [0.15, 0.2) is 31.3 Å². The lowest BCUT2D eigenvalue weighted by atomic mass is 9.84. The normalized spacial score (nSPS) is 31.0. The molecule has 0 radical (unpaired) electrons. The summed E-state index contributed by atoms with van der Waals surface area (Å²) in [5, 5.41) is 31.2. The van der Waals surface area contributed by atoms with Crippen molar-refractivity contribution in [2.24, 2.45) is 5.41 Å². The van der Waals surface area contributed by atoms with Crippen LogP contribution in [0, 0.1) is 5.41 Å². The summed E-state index contributed by atoms with van der Waals surface area (Å²) < 4.78 is 1.71. The maximum atomic E-state index is 10.5. The molecular weight excluding hydrogens is 296 g/mol. The van der Waals surface area contributed by atoms with E-state index >= 15 is 0 Å². The van der Waals surface area contributed by atoms with Gasteiger partial charge < -0.3 is 25.6 Å². The first-order valence-electron chi connectivity index (χ1n) is 7.26.